The lowest BCUT2D eigenvalue weighted by molar-refractivity contribution is -0.137. The zero-order valence-electron chi connectivity index (χ0n) is 13.1. The molecule has 0 atom stereocenters. The summed E-state index contributed by atoms with van der Waals surface area (Å²) in [5.74, 6) is 0. The van der Waals surface area contributed by atoms with Gasteiger partial charge in [-0.2, -0.15) is 13.2 Å². The number of halogens is 4. The maximum Gasteiger partial charge on any atom is 0.417 e. The molecule has 6 heteroatoms. The molecule has 0 unspecified atom stereocenters. The molecule has 0 saturated carbocycles. The van der Waals surface area contributed by atoms with Crippen molar-refractivity contribution in [1.82, 2.24) is 5.32 Å². The molecule has 1 N–H and O–H groups in total. The highest BCUT2D eigenvalue weighted by molar-refractivity contribution is 6.31. The second kappa shape index (κ2) is 7.30. The van der Waals surface area contributed by atoms with E-state index in [1.54, 1.807) is 6.07 Å². The van der Waals surface area contributed by atoms with Crippen LogP contribution in [0.25, 0.3) is 0 Å². The molecule has 2 nitrogen and oxygen atoms in total. The Labute approximate surface area is 139 Å². The lowest BCUT2D eigenvalue weighted by Crippen LogP contribution is -2.35. The number of hydrogen-bond acceptors (Lipinski definition) is 2. The molecular formula is C17H20ClF3N2. The Kier molecular flexibility index (Phi) is 5.63. The number of nitrogens with one attached hydrogen (secondary N) is 1. The molecule has 0 fully saturated rings. The second-order valence-corrected chi connectivity index (χ2v) is 6.14. The first kappa shape index (κ1) is 17.7. The zero-order chi connectivity index (χ0) is 17.0. The normalized spacial score (nSPS) is 15.2. The van der Waals surface area contributed by atoms with Crippen LogP contribution < -0.4 is 10.2 Å². The molecule has 126 valence electrons. The second-order valence-electron chi connectivity index (χ2n) is 5.74. The number of alkyl halides is 3. The van der Waals surface area contributed by atoms with Gasteiger partial charge in [0.25, 0.3) is 0 Å². The molecule has 1 heterocycles. The first-order chi connectivity index (χ1) is 10.8. The minimum absolute atomic E-state index is 0.0483. The van der Waals surface area contributed by atoms with E-state index < -0.39 is 11.7 Å². The molecule has 0 saturated heterocycles. The summed E-state index contributed by atoms with van der Waals surface area (Å²) in [4.78, 5) is 1.92. The van der Waals surface area contributed by atoms with E-state index in [0.29, 0.717) is 12.2 Å². The Balaban J connectivity index is 2.31. The molecule has 0 bridgehead atoms. The predicted octanol–water partition coefficient (Wildman–Crippen LogP) is 5.35. The van der Waals surface area contributed by atoms with Gasteiger partial charge in [0.05, 0.1) is 17.1 Å². The summed E-state index contributed by atoms with van der Waals surface area (Å²) in [6, 6.07) is 4.11. The first-order valence-corrected chi connectivity index (χ1v) is 7.91. The Morgan fingerprint density at radius 1 is 1.26 bits per heavy atom. The smallest absolute Gasteiger partial charge is 0.364 e. The molecule has 1 aliphatic rings. The highest BCUT2D eigenvalue weighted by Gasteiger charge is 2.34. The SMILES string of the molecule is CC(C)N(CC1=CCCC=CN1)c1ccc(Cl)c(C(F)(F)F)c1. The Bertz CT molecular complexity index is 606. The number of benzene rings is 1. The lowest BCUT2D eigenvalue weighted by atomic mass is 10.1. The van der Waals surface area contributed by atoms with Crippen LogP contribution >= 0.6 is 11.6 Å². The van der Waals surface area contributed by atoms with Crippen molar-refractivity contribution >= 4 is 17.3 Å². The maximum absolute atomic E-state index is 13.1. The van der Waals surface area contributed by atoms with Gasteiger partial charge in [0.15, 0.2) is 0 Å². The number of allylic oxidation sites excluding steroid dienone is 2. The van der Waals surface area contributed by atoms with E-state index in [2.05, 4.69) is 11.4 Å². The van der Waals surface area contributed by atoms with Crippen LogP contribution in [0.5, 0.6) is 0 Å². The Hall–Kier alpha value is -1.62. The number of nitrogens with zero attached hydrogens (tertiary/aromatic N) is 1. The molecule has 0 aromatic heterocycles. The van der Waals surface area contributed by atoms with Crippen LogP contribution in [0.1, 0.15) is 32.3 Å². The maximum atomic E-state index is 13.1. The monoisotopic (exact) mass is 344 g/mol. The molecule has 0 aliphatic carbocycles. The van der Waals surface area contributed by atoms with Crippen LogP contribution in [0.4, 0.5) is 18.9 Å². The number of anilines is 1. The molecular weight excluding hydrogens is 325 g/mol. The fraction of sp³-hybridized carbons (Fsp3) is 0.412. The average Bonchev–Trinajstić information content (AvgIpc) is 2.72. The lowest BCUT2D eigenvalue weighted by Gasteiger charge is -2.30. The minimum atomic E-state index is -4.46. The van der Waals surface area contributed by atoms with Crippen LogP contribution in [-0.4, -0.2) is 12.6 Å². The number of rotatable bonds is 4. The molecule has 23 heavy (non-hydrogen) atoms. The van der Waals surface area contributed by atoms with Crippen molar-refractivity contribution in [3.63, 3.8) is 0 Å². The highest BCUT2D eigenvalue weighted by Crippen LogP contribution is 2.37. The summed E-state index contributed by atoms with van der Waals surface area (Å²) in [6.45, 7) is 4.42. The molecule has 1 aliphatic heterocycles. The van der Waals surface area contributed by atoms with E-state index in [9.17, 15) is 13.2 Å². The van der Waals surface area contributed by atoms with Gasteiger partial charge in [-0.15, -0.1) is 0 Å². The van der Waals surface area contributed by atoms with Crippen molar-refractivity contribution in [3.8, 4) is 0 Å². The largest absolute Gasteiger partial charge is 0.417 e. The Morgan fingerprint density at radius 2 is 2.00 bits per heavy atom. The molecule has 0 amide bonds. The third-order valence-corrected chi connectivity index (χ3v) is 3.99. The van der Waals surface area contributed by atoms with Gasteiger partial charge in [0.2, 0.25) is 0 Å². The van der Waals surface area contributed by atoms with Crippen molar-refractivity contribution in [2.75, 3.05) is 11.4 Å². The van der Waals surface area contributed by atoms with E-state index in [1.807, 2.05) is 31.0 Å². The van der Waals surface area contributed by atoms with Gasteiger partial charge < -0.3 is 10.2 Å². The van der Waals surface area contributed by atoms with Gasteiger partial charge in [0.1, 0.15) is 0 Å². The van der Waals surface area contributed by atoms with Gasteiger partial charge >= 0.3 is 6.18 Å². The minimum Gasteiger partial charge on any atom is -0.364 e. The zero-order valence-corrected chi connectivity index (χ0v) is 13.9. The van der Waals surface area contributed by atoms with Crippen LogP contribution in [-0.2, 0) is 6.18 Å². The third kappa shape index (κ3) is 4.67. The summed E-state index contributed by atoms with van der Waals surface area (Å²) >= 11 is 5.71. The fourth-order valence-corrected chi connectivity index (χ4v) is 2.66. The third-order valence-electron chi connectivity index (χ3n) is 3.66. The van der Waals surface area contributed by atoms with E-state index in [4.69, 9.17) is 11.6 Å². The molecule has 2 rings (SSSR count). The summed E-state index contributed by atoms with van der Waals surface area (Å²) in [5, 5.41) is 2.91. The van der Waals surface area contributed by atoms with E-state index >= 15 is 0 Å². The van der Waals surface area contributed by atoms with Gasteiger partial charge in [-0.05, 0) is 51.1 Å². The number of hydrogen-bond donors (Lipinski definition) is 1. The summed E-state index contributed by atoms with van der Waals surface area (Å²) in [6.07, 6.45) is 3.40. The van der Waals surface area contributed by atoms with Gasteiger partial charge in [0, 0.05) is 17.4 Å². The van der Waals surface area contributed by atoms with Crippen molar-refractivity contribution in [1.29, 1.82) is 0 Å². The van der Waals surface area contributed by atoms with Crippen LogP contribution in [0.3, 0.4) is 0 Å². The van der Waals surface area contributed by atoms with Gasteiger partial charge in [-0.25, -0.2) is 0 Å². The molecule has 1 aromatic rings. The standard InChI is InChI=1S/C17H20ClF3N2/c1-12(2)23(11-13-6-4-3-5-9-22-13)14-7-8-16(18)15(10-14)17(19,20)21/h5-10,12,22H,3-4,11H2,1-2H3. The van der Waals surface area contributed by atoms with Gasteiger partial charge in [-0.3, -0.25) is 0 Å². The first-order valence-electron chi connectivity index (χ1n) is 7.53. The van der Waals surface area contributed by atoms with Crippen molar-refractivity contribution < 1.29 is 13.2 Å². The highest BCUT2D eigenvalue weighted by atomic mass is 35.5. The van der Waals surface area contributed by atoms with Crippen molar-refractivity contribution in [3.05, 3.63) is 52.8 Å². The van der Waals surface area contributed by atoms with E-state index in [1.165, 1.54) is 6.07 Å². The van der Waals surface area contributed by atoms with Crippen LogP contribution in [0.15, 0.2) is 42.2 Å². The van der Waals surface area contributed by atoms with Crippen LogP contribution in [0.2, 0.25) is 5.02 Å². The fourth-order valence-electron chi connectivity index (χ4n) is 2.44. The molecule has 1 aromatic carbocycles. The molecule has 0 radical (unpaired) electrons. The van der Waals surface area contributed by atoms with Crippen molar-refractivity contribution in [2.24, 2.45) is 0 Å². The summed E-state index contributed by atoms with van der Waals surface area (Å²) in [7, 11) is 0. The van der Waals surface area contributed by atoms with E-state index in [-0.39, 0.29) is 11.1 Å². The quantitative estimate of drug-likeness (QED) is 0.791. The van der Waals surface area contributed by atoms with Crippen LogP contribution in [0, 0.1) is 0 Å². The topological polar surface area (TPSA) is 15.3 Å². The average molecular weight is 345 g/mol. The Morgan fingerprint density at radius 3 is 2.65 bits per heavy atom. The van der Waals surface area contributed by atoms with Gasteiger partial charge in [-0.1, -0.05) is 23.8 Å². The van der Waals surface area contributed by atoms with E-state index in [0.717, 1.165) is 24.6 Å². The summed E-state index contributed by atoms with van der Waals surface area (Å²) in [5.41, 5.74) is 0.689. The van der Waals surface area contributed by atoms with Crippen molar-refractivity contribution in [2.45, 2.75) is 38.9 Å². The predicted molar refractivity (Wildman–Crippen MR) is 88.5 cm³/mol. The summed E-state index contributed by atoms with van der Waals surface area (Å²) < 4.78 is 39.2. The molecule has 0 spiro atoms.